The van der Waals surface area contributed by atoms with Crippen LogP contribution >= 0.6 is 0 Å². The van der Waals surface area contributed by atoms with Crippen molar-refractivity contribution >= 4 is 5.91 Å². The summed E-state index contributed by atoms with van der Waals surface area (Å²) in [6.45, 7) is 2.64. The molecule has 0 saturated carbocycles. The Kier molecular flexibility index (Phi) is 4.46. The second kappa shape index (κ2) is 5.41. The van der Waals surface area contributed by atoms with E-state index >= 15 is 0 Å². The highest BCUT2D eigenvalue weighted by Crippen LogP contribution is 2.03. The minimum Gasteiger partial charge on any atom is -0.394 e. The summed E-state index contributed by atoms with van der Waals surface area (Å²) in [4.78, 5) is 11.6. The first-order valence-electron chi connectivity index (χ1n) is 4.97. The van der Waals surface area contributed by atoms with Crippen molar-refractivity contribution in [3.05, 3.63) is 0 Å². The van der Waals surface area contributed by atoms with Gasteiger partial charge in [-0.1, -0.05) is 0 Å². The van der Waals surface area contributed by atoms with Crippen LogP contribution in [0.1, 0.15) is 6.92 Å². The van der Waals surface area contributed by atoms with Gasteiger partial charge in [0.05, 0.1) is 25.4 Å². The zero-order valence-corrected chi connectivity index (χ0v) is 8.82. The van der Waals surface area contributed by atoms with Crippen molar-refractivity contribution in [2.75, 3.05) is 32.9 Å². The van der Waals surface area contributed by atoms with Gasteiger partial charge in [-0.25, -0.2) is 0 Å². The van der Waals surface area contributed by atoms with Gasteiger partial charge < -0.3 is 25.6 Å². The molecule has 4 N–H and O–H groups in total. The molecule has 6 heteroatoms. The number of amides is 1. The fourth-order valence-corrected chi connectivity index (χ4v) is 1.24. The van der Waals surface area contributed by atoms with Crippen LogP contribution in [0.25, 0.3) is 0 Å². The van der Waals surface area contributed by atoms with Crippen molar-refractivity contribution < 1.29 is 19.7 Å². The van der Waals surface area contributed by atoms with Crippen LogP contribution in [0.3, 0.4) is 0 Å². The van der Waals surface area contributed by atoms with Crippen molar-refractivity contribution in [3.63, 3.8) is 0 Å². The minimum absolute atomic E-state index is 0.310. The van der Waals surface area contributed by atoms with Crippen LogP contribution < -0.4 is 10.6 Å². The van der Waals surface area contributed by atoms with Gasteiger partial charge in [-0.2, -0.15) is 0 Å². The lowest BCUT2D eigenvalue weighted by atomic mass is 10.1. The number of ether oxygens (including phenoxy) is 1. The normalized spacial score (nSPS) is 22.5. The Balaban J connectivity index is 2.46. The highest BCUT2D eigenvalue weighted by Gasteiger charge is 2.29. The number of rotatable bonds is 4. The summed E-state index contributed by atoms with van der Waals surface area (Å²) in [6, 6.07) is 0. The Bertz CT molecular complexity index is 212. The molecule has 1 heterocycles. The van der Waals surface area contributed by atoms with Crippen LogP contribution in [-0.4, -0.2) is 60.7 Å². The van der Waals surface area contributed by atoms with Crippen LogP contribution in [0.15, 0.2) is 0 Å². The van der Waals surface area contributed by atoms with Gasteiger partial charge in [0.1, 0.15) is 6.10 Å². The Morgan fingerprint density at radius 1 is 1.60 bits per heavy atom. The zero-order chi connectivity index (χ0) is 11.3. The summed E-state index contributed by atoms with van der Waals surface area (Å²) < 4.78 is 5.24. The minimum atomic E-state index is -0.988. The average molecular weight is 218 g/mol. The average Bonchev–Trinajstić information content (AvgIpc) is 2.30. The van der Waals surface area contributed by atoms with Gasteiger partial charge >= 0.3 is 0 Å². The Labute approximate surface area is 88.6 Å². The van der Waals surface area contributed by atoms with Crippen molar-refractivity contribution in [1.29, 1.82) is 0 Å². The maximum atomic E-state index is 11.6. The van der Waals surface area contributed by atoms with E-state index < -0.39 is 11.6 Å². The number of aliphatic hydroxyl groups excluding tert-OH is 2. The lowest BCUT2D eigenvalue weighted by Crippen LogP contribution is -2.57. The van der Waals surface area contributed by atoms with E-state index in [-0.39, 0.29) is 19.1 Å². The molecule has 0 aromatic rings. The molecule has 0 aliphatic carbocycles. The van der Waals surface area contributed by atoms with Gasteiger partial charge in [0.25, 0.3) is 5.91 Å². The summed E-state index contributed by atoms with van der Waals surface area (Å²) in [6.07, 6.45) is -0.545. The predicted octanol–water partition coefficient (Wildman–Crippen LogP) is -2.17. The van der Waals surface area contributed by atoms with Crippen molar-refractivity contribution in [2.45, 2.75) is 18.6 Å². The molecular formula is C9H18N2O4. The van der Waals surface area contributed by atoms with Crippen LogP contribution in [0, 0.1) is 0 Å². The summed E-state index contributed by atoms with van der Waals surface area (Å²) >= 11 is 0. The largest absolute Gasteiger partial charge is 0.394 e. The van der Waals surface area contributed by atoms with E-state index in [1.165, 1.54) is 0 Å². The van der Waals surface area contributed by atoms with E-state index in [9.17, 15) is 4.79 Å². The Morgan fingerprint density at radius 3 is 2.73 bits per heavy atom. The van der Waals surface area contributed by atoms with Crippen LogP contribution in [0.2, 0.25) is 0 Å². The maximum absolute atomic E-state index is 11.6. The van der Waals surface area contributed by atoms with E-state index in [1.54, 1.807) is 6.92 Å². The Hall–Kier alpha value is -0.690. The van der Waals surface area contributed by atoms with Gasteiger partial charge in [-0.05, 0) is 6.92 Å². The molecule has 6 nitrogen and oxygen atoms in total. The summed E-state index contributed by atoms with van der Waals surface area (Å²) in [5, 5.41) is 23.6. The molecule has 0 bridgehead atoms. The first-order chi connectivity index (χ1) is 7.11. The van der Waals surface area contributed by atoms with Gasteiger partial charge in [-0.3, -0.25) is 4.79 Å². The molecule has 0 radical (unpaired) electrons. The van der Waals surface area contributed by atoms with Crippen LogP contribution in [-0.2, 0) is 9.53 Å². The molecule has 0 aromatic heterocycles. The topological polar surface area (TPSA) is 90.8 Å². The summed E-state index contributed by atoms with van der Waals surface area (Å²) in [7, 11) is 0. The molecule has 1 saturated heterocycles. The molecule has 1 aliphatic heterocycles. The van der Waals surface area contributed by atoms with E-state index in [4.69, 9.17) is 14.9 Å². The molecule has 1 unspecified atom stereocenters. The molecule has 1 aliphatic rings. The molecule has 1 atom stereocenters. The first kappa shape index (κ1) is 12.4. The second-order valence-electron chi connectivity index (χ2n) is 3.93. The molecule has 15 heavy (non-hydrogen) atoms. The second-order valence-corrected chi connectivity index (χ2v) is 3.93. The van der Waals surface area contributed by atoms with Crippen LogP contribution in [0.4, 0.5) is 0 Å². The zero-order valence-electron chi connectivity index (χ0n) is 8.82. The van der Waals surface area contributed by atoms with Gasteiger partial charge in [0.2, 0.25) is 0 Å². The molecule has 1 fully saturated rings. The Morgan fingerprint density at radius 2 is 2.27 bits per heavy atom. The fourth-order valence-electron chi connectivity index (χ4n) is 1.24. The van der Waals surface area contributed by atoms with Crippen molar-refractivity contribution in [1.82, 2.24) is 10.6 Å². The SMILES string of the molecule is CC(CO)(CO)NC(=O)C1CNCCO1. The number of nitrogens with one attached hydrogen (secondary N) is 2. The third-order valence-corrected chi connectivity index (χ3v) is 2.34. The summed E-state index contributed by atoms with van der Waals surface area (Å²) in [5.74, 6) is -0.312. The third kappa shape index (κ3) is 3.42. The summed E-state index contributed by atoms with van der Waals surface area (Å²) in [5.41, 5.74) is -0.988. The fraction of sp³-hybridized carbons (Fsp3) is 0.889. The number of aliphatic hydroxyl groups is 2. The van der Waals surface area contributed by atoms with E-state index in [2.05, 4.69) is 10.6 Å². The van der Waals surface area contributed by atoms with Gasteiger partial charge in [0, 0.05) is 13.1 Å². The number of hydrogen-bond acceptors (Lipinski definition) is 5. The molecule has 0 spiro atoms. The molecular weight excluding hydrogens is 200 g/mol. The monoisotopic (exact) mass is 218 g/mol. The van der Waals surface area contributed by atoms with Gasteiger partial charge in [0.15, 0.2) is 0 Å². The number of carbonyl (C=O) groups is 1. The predicted molar refractivity (Wildman–Crippen MR) is 53.3 cm³/mol. The van der Waals surface area contributed by atoms with Crippen molar-refractivity contribution in [3.8, 4) is 0 Å². The smallest absolute Gasteiger partial charge is 0.251 e. The molecule has 1 rings (SSSR count). The first-order valence-corrected chi connectivity index (χ1v) is 4.97. The lowest BCUT2D eigenvalue weighted by Gasteiger charge is -2.30. The third-order valence-electron chi connectivity index (χ3n) is 2.34. The molecule has 88 valence electrons. The highest BCUT2D eigenvalue weighted by atomic mass is 16.5. The standard InChI is InChI=1S/C9H18N2O4/c1-9(5-12,6-13)11-8(14)7-4-10-2-3-15-7/h7,10,12-13H,2-6H2,1H3,(H,11,14). The molecule has 0 aromatic carbocycles. The van der Waals surface area contributed by atoms with Gasteiger partial charge in [-0.15, -0.1) is 0 Å². The van der Waals surface area contributed by atoms with Crippen LogP contribution in [0.5, 0.6) is 0 Å². The van der Waals surface area contributed by atoms with Crippen molar-refractivity contribution in [2.24, 2.45) is 0 Å². The maximum Gasteiger partial charge on any atom is 0.251 e. The highest BCUT2D eigenvalue weighted by molar-refractivity contribution is 5.81. The number of morpholine rings is 1. The van der Waals surface area contributed by atoms with E-state index in [0.29, 0.717) is 13.2 Å². The molecule has 1 amide bonds. The number of hydrogen-bond donors (Lipinski definition) is 4. The lowest BCUT2D eigenvalue weighted by molar-refractivity contribution is -0.137. The quantitative estimate of drug-likeness (QED) is 0.431. The van der Waals surface area contributed by atoms with E-state index in [0.717, 1.165) is 6.54 Å². The van der Waals surface area contributed by atoms with E-state index in [1.807, 2.05) is 0 Å². The number of carbonyl (C=O) groups excluding carboxylic acids is 1.